The second-order valence-electron chi connectivity index (χ2n) is 4.18. The van der Waals surface area contributed by atoms with Crippen LogP contribution in [-0.2, 0) is 6.54 Å². The fourth-order valence-corrected chi connectivity index (χ4v) is 1.72. The molecule has 2 N–H and O–H groups in total. The fraction of sp³-hybridized carbons (Fsp3) is 0.143. The Morgan fingerprint density at radius 1 is 1.26 bits per heavy atom. The largest absolute Gasteiger partial charge is 0.450 e. The van der Waals surface area contributed by atoms with Gasteiger partial charge in [0.1, 0.15) is 5.75 Å². The molecule has 2 aromatic carbocycles. The number of benzene rings is 2. The molecule has 0 fully saturated rings. The van der Waals surface area contributed by atoms with Gasteiger partial charge in [0.2, 0.25) is 5.75 Å². The molecule has 5 nitrogen and oxygen atoms in total. The topological polar surface area (TPSA) is 78.4 Å². The first kappa shape index (κ1) is 13.0. The Labute approximate surface area is 110 Å². The van der Waals surface area contributed by atoms with Gasteiger partial charge >= 0.3 is 5.69 Å². The van der Waals surface area contributed by atoms with E-state index >= 15 is 0 Å². The molecule has 0 aliphatic rings. The third kappa shape index (κ3) is 3.08. The number of nitrogens with zero attached hydrogens (tertiary/aromatic N) is 1. The second kappa shape index (κ2) is 5.49. The Bertz CT molecular complexity index is 611. The fourth-order valence-electron chi connectivity index (χ4n) is 1.72. The predicted molar refractivity (Wildman–Crippen MR) is 72.2 cm³/mol. The Balaban J connectivity index is 2.34. The summed E-state index contributed by atoms with van der Waals surface area (Å²) in [5.74, 6) is 0.764. The van der Waals surface area contributed by atoms with Crippen LogP contribution < -0.4 is 10.5 Å². The zero-order valence-corrected chi connectivity index (χ0v) is 10.5. The third-order valence-corrected chi connectivity index (χ3v) is 2.67. The molecule has 5 heteroatoms. The highest BCUT2D eigenvalue weighted by atomic mass is 16.6. The van der Waals surface area contributed by atoms with Gasteiger partial charge in [-0.05, 0) is 36.2 Å². The van der Waals surface area contributed by atoms with Crippen molar-refractivity contribution in [2.45, 2.75) is 13.5 Å². The van der Waals surface area contributed by atoms with Crippen LogP contribution in [0.1, 0.15) is 11.1 Å². The summed E-state index contributed by atoms with van der Waals surface area (Å²) >= 11 is 0. The minimum absolute atomic E-state index is 0.0434. The minimum atomic E-state index is -0.449. The van der Waals surface area contributed by atoms with E-state index in [0.29, 0.717) is 12.3 Å². The minimum Gasteiger partial charge on any atom is -0.450 e. The number of nitro benzene ring substituents is 1. The van der Waals surface area contributed by atoms with E-state index in [9.17, 15) is 10.1 Å². The lowest BCUT2D eigenvalue weighted by molar-refractivity contribution is -0.385. The number of aryl methyl sites for hydroxylation is 1. The average molecular weight is 258 g/mol. The van der Waals surface area contributed by atoms with Gasteiger partial charge in [-0.25, -0.2) is 0 Å². The van der Waals surface area contributed by atoms with Crippen molar-refractivity contribution < 1.29 is 9.66 Å². The highest BCUT2D eigenvalue weighted by Gasteiger charge is 2.15. The molecule has 0 spiro atoms. The van der Waals surface area contributed by atoms with Gasteiger partial charge in [-0.1, -0.05) is 18.2 Å². The Hall–Kier alpha value is -2.40. The summed E-state index contributed by atoms with van der Waals surface area (Å²) in [5, 5.41) is 11.0. The molecule has 0 aliphatic heterocycles. The maximum absolute atomic E-state index is 11.0. The lowest BCUT2D eigenvalue weighted by Gasteiger charge is -2.08. The first-order chi connectivity index (χ1) is 9.10. The summed E-state index contributed by atoms with van der Waals surface area (Å²) in [4.78, 5) is 10.5. The molecule has 0 radical (unpaired) electrons. The zero-order chi connectivity index (χ0) is 13.8. The van der Waals surface area contributed by atoms with Crippen LogP contribution >= 0.6 is 0 Å². The molecule has 2 rings (SSSR count). The Morgan fingerprint density at radius 2 is 2.05 bits per heavy atom. The van der Waals surface area contributed by atoms with Crippen LogP contribution in [0.5, 0.6) is 11.5 Å². The summed E-state index contributed by atoms with van der Waals surface area (Å²) in [6, 6.07) is 12.0. The SMILES string of the molecule is Cc1ccc(Oc2cccc(CN)c2)c([N+](=O)[O-])c1. The monoisotopic (exact) mass is 258 g/mol. The number of hydrogen-bond acceptors (Lipinski definition) is 4. The standard InChI is InChI=1S/C14H14N2O3/c1-10-5-6-14(13(7-10)16(17)18)19-12-4-2-3-11(8-12)9-15/h2-8H,9,15H2,1H3. The van der Waals surface area contributed by atoms with Crippen molar-refractivity contribution in [1.82, 2.24) is 0 Å². The van der Waals surface area contributed by atoms with Gasteiger partial charge in [-0.3, -0.25) is 10.1 Å². The number of hydrogen-bond donors (Lipinski definition) is 1. The molecular formula is C14H14N2O3. The van der Waals surface area contributed by atoms with Crippen molar-refractivity contribution in [2.75, 3.05) is 0 Å². The smallest absolute Gasteiger partial charge is 0.311 e. The van der Waals surface area contributed by atoms with Crippen molar-refractivity contribution in [3.05, 3.63) is 63.7 Å². The summed E-state index contributed by atoms with van der Waals surface area (Å²) in [6.07, 6.45) is 0. The van der Waals surface area contributed by atoms with E-state index in [-0.39, 0.29) is 11.4 Å². The third-order valence-electron chi connectivity index (χ3n) is 2.67. The molecular weight excluding hydrogens is 244 g/mol. The van der Waals surface area contributed by atoms with Gasteiger partial charge in [0.25, 0.3) is 0 Å². The van der Waals surface area contributed by atoms with Crippen LogP contribution in [0.4, 0.5) is 5.69 Å². The molecule has 0 aromatic heterocycles. The van der Waals surface area contributed by atoms with Crippen LogP contribution in [0.25, 0.3) is 0 Å². The zero-order valence-electron chi connectivity index (χ0n) is 10.5. The van der Waals surface area contributed by atoms with Gasteiger partial charge in [-0.15, -0.1) is 0 Å². The molecule has 2 aromatic rings. The molecule has 0 saturated heterocycles. The molecule has 0 unspecified atom stereocenters. The maximum atomic E-state index is 11.0. The Morgan fingerprint density at radius 3 is 2.74 bits per heavy atom. The van der Waals surface area contributed by atoms with Crippen LogP contribution in [0.15, 0.2) is 42.5 Å². The molecule has 98 valence electrons. The highest BCUT2D eigenvalue weighted by Crippen LogP contribution is 2.32. The first-order valence-corrected chi connectivity index (χ1v) is 5.82. The predicted octanol–water partition coefficient (Wildman–Crippen LogP) is 3.15. The van der Waals surface area contributed by atoms with Crippen molar-refractivity contribution in [3.63, 3.8) is 0 Å². The number of rotatable bonds is 4. The van der Waals surface area contributed by atoms with E-state index in [0.717, 1.165) is 11.1 Å². The number of nitrogens with two attached hydrogens (primary N) is 1. The van der Waals surface area contributed by atoms with Gasteiger partial charge in [0.15, 0.2) is 0 Å². The van der Waals surface area contributed by atoms with E-state index in [1.807, 2.05) is 6.07 Å². The van der Waals surface area contributed by atoms with Crippen LogP contribution in [0, 0.1) is 17.0 Å². The van der Waals surface area contributed by atoms with Crippen LogP contribution in [-0.4, -0.2) is 4.92 Å². The molecule has 0 bridgehead atoms. The second-order valence-corrected chi connectivity index (χ2v) is 4.18. The van der Waals surface area contributed by atoms with Crippen molar-refractivity contribution >= 4 is 5.69 Å². The lowest BCUT2D eigenvalue weighted by atomic mass is 10.2. The molecule has 0 amide bonds. The van der Waals surface area contributed by atoms with Gasteiger partial charge in [0, 0.05) is 12.6 Å². The van der Waals surface area contributed by atoms with Gasteiger partial charge < -0.3 is 10.5 Å². The molecule has 0 atom stereocenters. The molecule has 0 aliphatic carbocycles. The van der Waals surface area contributed by atoms with Crippen molar-refractivity contribution in [2.24, 2.45) is 5.73 Å². The molecule has 0 saturated carbocycles. The molecule has 19 heavy (non-hydrogen) atoms. The van der Waals surface area contributed by atoms with Crippen LogP contribution in [0.2, 0.25) is 0 Å². The highest BCUT2D eigenvalue weighted by molar-refractivity contribution is 5.50. The summed E-state index contributed by atoms with van der Waals surface area (Å²) in [6.45, 7) is 2.19. The van der Waals surface area contributed by atoms with E-state index in [1.54, 1.807) is 37.3 Å². The summed E-state index contributed by atoms with van der Waals surface area (Å²) < 4.78 is 5.57. The summed E-state index contributed by atoms with van der Waals surface area (Å²) in [5.41, 5.74) is 7.23. The van der Waals surface area contributed by atoms with E-state index < -0.39 is 4.92 Å². The van der Waals surface area contributed by atoms with Gasteiger partial charge in [-0.2, -0.15) is 0 Å². The number of ether oxygens (including phenoxy) is 1. The quantitative estimate of drug-likeness (QED) is 0.675. The van der Waals surface area contributed by atoms with Crippen molar-refractivity contribution in [3.8, 4) is 11.5 Å². The molecule has 0 heterocycles. The summed E-state index contributed by atoms with van der Waals surface area (Å²) in [7, 11) is 0. The lowest BCUT2D eigenvalue weighted by Crippen LogP contribution is -1.97. The van der Waals surface area contributed by atoms with E-state index in [4.69, 9.17) is 10.5 Å². The Kier molecular flexibility index (Phi) is 3.77. The van der Waals surface area contributed by atoms with Crippen LogP contribution in [0.3, 0.4) is 0 Å². The van der Waals surface area contributed by atoms with E-state index in [2.05, 4.69) is 0 Å². The normalized spacial score (nSPS) is 10.2. The average Bonchev–Trinajstić information content (AvgIpc) is 2.41. The van der Waals surface area contributed by atoms with Gasteiger partial charge in [0.05, 0.1) is 4.92 Å². The maximum Gasteiger partial charge on any atom is 0.311 e. The first-order valence-electron chi connectivity index (χ1n) is 5.82. The van der Waals surface area contributed by atoms with E-state index in [1.165, 1.54) is 6.07 Å². The number of nitro groups is 1. The van der Waals surface area contributed by atoms with Crippen molar-refractivity contribution in [1.29, 1.82) is 0 Å².